The molecule has 0 bridgehead atoms. The molecule has 0 atom stereocenters. The fourth-order valence-electron chi connectivity index (χ4n) is 2.52. The molecule has 2 aromatic carbocycles. The second kappa shape index (κ2) is 9.21. The number of nitrogens with one attached hydrogen (secondary N) is 1. The van der Waals surface area contributed by atoms with Gasteiger partial charge in [0.1, 0.15) is 6.54 Å². The minimum atomic E-state index is -3.98. The molecule has 29 heavy (non-hydrogen) atoms. The van der Waals surface area contributed by atoms with Crippen LogP contribution in [0.3, 0.4) is 0 Å². The van der Waals surface area contributed by atoms with Crippen LogP contribution in [0.5, 0.6) is 0 Å². The van der Waals surface area contributed by atoms with Gasteiger partial charge in [-0.05, 0) is 48.7 Å². The zero-order valence-electron chi connectivity index (χ0n) is 15.4. The van der Waals surface area contributed by atoms with Gasteiger partial charge < -0.3 is 0 Å². The molecule has 0 saturated carbocycles. The highest BCUT2D eigenvalue weighted by Gasteiger charge is 2.27. The number of sulfonamides is 1. The van der Waals surface area contributed by atoms with Crippen LogP contribution in [0.15, 0.2) is 82.1 Å². The maximum absolute atomic E-state index is 13.2. The number of hydrogen-bond donors (Lipinski definition) is 1. The van der Waals surface area contributed by atoms with Gasteiger partial charge in [-0.15, -0.1) is 11.3 Å². The second-order valence-corrected chi connectivity index (χ2v) is 9.26. The third-order valence-electron chi connectivity index (χ3n) is 3.94. The van der Waals surface area contributed by atoms with Crippen LogP contribution in [0.1, 0.15) is 11.8 Å². The topological polar surface area (TPSA) is 78.8 Å². The van der Waals surface area contributed by atoms with Gasteiger partial charge in [0.15, 0.2) is 0 Å². The lowest BCUT2D eigenvalue weighted by molar-refractivity contribution is -0.119. The fourth-order valence-corrected chi connectivity index (χ4v) is 4.81. The second-order valence-electron chi connectivity index (χ2n) is 6.01. The summed E-state index contributed by atoms with van der Waals surface area (Å²) < 4.78 is 27.4. The molecule has 0 spiro atoms. The summed E-state index contributed by atoms with van der Waals surface area (Å²) in [7, 11) is -3.98. The van der Waals surface area contributed by atoms with Gasteiger partial charge in [-0.2, -0.15) is 5.10 Å². The van der Waals surface area contributed by atoms with E-state index >= 15 is 0 Å². The molecule has 150 valence electrons. The molecule has 1 N–H and O–H groups in total. The van der Waals surface area contributed by atoms with E-state index in [1.165, 1.54) is 29.5 Å². The monoisotopic (exact) mass is 447 g/mol. The number of nitrogens with zero attached hydrogens (tertiary/aromatic N) is 2. The van der Waals surface area contributed by atoms with Crippen LogP contribution in [0.25, 0.3) is 0 Å². The average Bonchev–Trinajstić information content (AvgIpc) is 3.26. The first kappa shape index (κ1) is 21.0. The largest absolute Gasteiger partial charge is 0.271 e. The SMILES string of the molecule is CC(=NNC(=O)CN(c1cccc(Cl)c1)S(=O)(=O)c1ccccc1)c1cccs1. The lowest BCUT2D eigenvalue weighted by Gasteiger charge is -2.23. The minimum Gasteiger partial charge on any atom is -0.271 e. The molecule has 1 heterocycles. The molecule has 9 heteroatoms. The summed E-state index contributed by atoms with van der Waals surface area (Å²) >= 11 is 7.53. The lowest BCUT2D eigenvalue weighted by atomic mass is 10.3. The predicted octanol–water partition coefficient (Wildman–Crippen LogP) is 4.14. The van der Waals surface area contributed by atoms with Gasteiger partial charge in [0, 0.05) is 9.90 Å². The zero-order chi connectivity index (χ0) is 20.9. The highest BCUT2D eigenvalue weighted by molar-refractivity contribution is 7.92. The Morgan fingerprint density at radius 3 is 2.52 bits per heavy atom. The van der Waals surface area contributed by atoms with E-state index in [-0.39, 0.29) is 10.6 Å². The van der Waals surface area contributed by atoms with Gasteiger partial charge in [0.2, 0.25) is 0 Å². The minimum absolute atomic E-state index is 0.0750. The lowest BCUT2D eigenvalue weighted by Crippen LogP contribution is -2.39. The number of amides is 1. The summed E-state index contributed by atoms with van der Waals surface area (Å²) in [6.07, 6.45) is 0. The van der Waals surface area contributed by atoms with Crippen molar-refractivity contribution in [3.05, 3.63) is 82.0 Å². The van der Waals surface area contributed by atoms with E-state index in [0.717, 1.165) is 9.18 Å². The smallest absolute Gasteiger partial charge is 0.264 e. The third-order valence-corrected chi connectivity index (χ3v) is 6.94. The Kier molecular flexibility index (Phi) is 6.68. The summed E-state index contributed by atoms with van der Waals surface area (Å²) in [6, 6.07) is 18.0. The van der Waals surface area contributed by atoms with Crippen molar-refractivity contribution >= 4 is 50.3 Å². The molecule has 1 amide bonds. The standard InChI is InChI=1S/C20H18ClN3O3S2/c1-15(19-11-6-12-28-19)22-23-20(25)14-24(17-8-5-7-16(21)13-17)29(26,27)18-9-3-2-4-10-18/h2-13H,14H2,1H3,(H,23,25). The number of halogens is 1. The number of hydrogen-bond acceptors (Lipinski definition) is 5. The molecule has 0 aliphatic rings. The summed E-state index contributed by atoms with van der Waals surface area (Å²) in [5.41, 5.74) is 3.35. The molecular weight excluding hydrogens is 430 g/mol. The van der Waals surface area contributed by atoms with Crippen molar-refractivity contribution in [2.75, 3.05) is 10.8 Å². The molecule has 0 saturated heterocycles. The highest BCUT2D eigenvalue weighted by Crippen LogP contribution is 2.25. The van der Waals surface area contributed by atoms with Crippen LogP contribution in [0, 0.1) is 0 Å². The van der Waals surface area contributed by atoms with Crippen molar-refractivity contribution in [1.82, 2.24) is 5.43 Å². The zero-order valence-corrected chi connectivity index (χ0v) is 17.8. The van der Waals surface area contributed by atoms with Crippen LogP contribution < -0.4 is 9.73 Å². The number of carbonyl (C=O) groups excluding carboxylic acids is 1. The molecule has 0 radical (unpaired) electrons. The number of anilines is 1. The van der Waals surface area contributed by atoms with Crippen molar-refractivity contribution in [3.8, 4) is 0 Å². The van der Waals surface area contributed by atoms with Gasteiger partial charge in [-0.25, -0.2) is 13.8 Å². The van der Waals surface area contributed by atoms with E-state index in [2.05, 4.69) is 10.5 Å². The Hall–Kier alpha value is -2.68. The van der Waals surface area contributed by atoms with Crippen molar-refractivity contribution in [3.63, 3.8) is 0 Å². The summed E-state index contributed by atoms with van der Waals surface area (Å²) in [4.78, 5) is 13.5. The van der Waals surface area contributed by atoms with E-state index < -0.39 is 22.5 Å². The molecule has 3 aromatic rings. The van der Waals surface area contributed by atoms with Crippen molar-refractivity contribution in [1.29, 1.82) is 0 Å². The molecule has 0 aliphatic carbocycles. The van der Waals surface area contributed by atoms with Gasteiger partial charge in [0.05, 0.1) is 16.3 Å². The van der Waals surface area contributed by atoms with Crippen LogP contribution in [-0.4, -0.2) is 26.6 Å². The number of carbonyl (C=O) groups is 1. The molecular formula is C20H18ClN3O3S2. The van der Waals surface area contributed by atoms with E-state index in [4.69, 9.17) is 11.6 Å². The Balaban J connectivity index is 1.88. The average molecular weight is 448 g/mol. The maximum Gasteiger partial charge on any atom is 0.264 e. The van der Waals surface area contributed by atoms with Crippen LogP contribution in [0.2, 0.25) is 5.02 Å². The van der Waals surface area contributed by atoms with Gasteiger partial charge in [-0.1, -0.05) is 41.9 Å². The molecule has 0 fully saturated rings. The number of benzene rings is 2. The van der Waals surface area contributed by atoms with Gasteiger partial charge in [0.25, 0.3) is 15.9 Å². The molecule has 3 rings (SSSR count). The molecule has 0 aliphatic heterocycles. The Labute approximate surface area is 178 Å². The quantitative estimate of drug-likeness (QED) is 0.436. The van der Waals surface area contributed by atoms with Crippen molar-refractivity contribution in [2.24, 2.45) is 5.10 Å². The first-order chi connectivity index (χ1) is 13.9. The first-order valence-electron chi connectivity index (χ1n) is 8.58. The number of thiophene rings is 1. The number of hydrazone groups is 1. The Morgan fingerprint density at radius 1 is 1.10 bits per heavy atom. The van der Waals surface area contributed by atoms with E-state index in [1.807, 2.05) is 17.5 Å². The van der Waals surface area contributed by atoms with E-state index in [9.17, 15) is 13.2 Å². The Bertz CT molecular complexity index is 1110. The molecule has 0 unspecified atom stereocenters. The maximum atomic E-state index is 13.2. The summed E-state index contributed by atoms with van der Waals surface area (Å²) in [5.74, 6) is -0.569. The normalized spacial score (nSPS) is 11.9. The number of rotatable bonds is 7. The van der Waals surface area contributed by atoms with E-state index in [1.54, 1.807) is 43.3 Å². The first-order valence-corrected chi connectivity index (χ1v) is 11.3. The van der Waals surface area contributed by atoms with Crippen LogP contribution >= 0.6 is 22.9 Å². The van der Waals surface area contributed by atoms with Crippen molar-refractivity contribution < 1.29 is 13.2 Å². The van der Waals surface area contributed by atoms with Gasteiger partial charge >= 0.3 is 0 Å². The van der Waals surface area contributed by atoms with Crippen LogP contribution in [0.4, 0.5) is 5.69 Å². The molecule has 6 nitrogen and oxygen atoms in total. The predicted molar refractivity (Wildman–Crippen MR) is 117 cm³/mol. The summed E-state index contributed by atoms with van der Waals surface area (Å²) in [6.45, 7) is 1.32. The van der Waals surface area contributed by atoms with Gasteiger partial charge in [-0.3, -0.25) is 9.10 Å². The van der Waals surface area contributed by atoms with E-state index in [0.29, 0.717) is 10.7 Å². The Morgan fingerprint density at radius 2 is 1.86 bits per heavy atom. The summed E-state index contributed by atoms with van der Waals surface area (Å²) in [5, 5.41) is 6.34. The van der Waals surface area contributed by atoms with Crippen LogP contribution in [-0.2, 0) is 14.8 Å². The van der Waals surface area contributed by atoms with Crippen molar-refractivity contribution in [2.45, 2.75) is 11.8 Å². The highest BCUT2D eigenvalue weighted by atomic mass is 35.5. The third kappa shape index (κ3) is 5.23. The molecule has 1 aromatic heterocycles. The fraction of sp³-hybridized carbons (Fsp3) is 0.100.